The Morgan fingerprint density at radius 3 is 2.87 bits per heavy atom. The molecule has 5 aliphatic heterocycles. The normalized spacial score (nSPS) is 28.0. The summed E-state index contributed by atoms with van der Waals surface area (Å²) in [7, 11) is 0. The molecule has 0 aliphatic carbocycles. The minimum atomic E-state index is -4.89. The zero-order chi connectivity index (χ0) is 32.1. The van der Waals surface area contributed by atoms with Crippen LogP contribution < -0.4 is 25.4 Å². The second kappa shape index (κ2) is 10.5. The average molecular weight is 664 g/mol. The van der Waals surface area contributed by atoms with Gasteiger partial charge in [-0.3, -0.25) is 4.90 Å². The van der Waals surface area contributed by atoms with Crippen molar-refractivity contribution in [3.63, 3.8) is 0 Å². The number of fused-ring (bicyclic) bond motifs is 6. The van der Waals surface area contributed by atoms with Crippen molar-refractivity contribution in [3.8, 4) is 23.0 Å². The summed E-state index contributed by atoms with van der Waals surface area (Å²) >= 11 is 6.81. The predicted molar refractivity (Wildman–Crippen MR) is 161 cm³/mol. The number of nitrogens with zero attached hydrogens (tertiary/aromatic N) is 5. The number of nitrogens with two attached hydrogens (primary N) is 1. The van der Waals surface area contributed by atoms with Crippen LogP contribution in [0.25, 0.3) is 22.2 Å². The van der Waals surface area contributed by atoms with Gasteiger partial charge < -0.3 is 25.4 Å². The number of hydrogen-bond acceptors (Lipinski definition) is 9. The van der Waals surface area contributed by atoms with Gasteiger partial charge in [-0.2, -0.15) is 23.1 Å². The summed E-state index contributed by atoms with van der Waals surface area (Å²) in [6.07, 6.45) is -0.232. The number of aromatic nitrogens is 3. The molecule has 3 aromatic rings. The van der Waals surface area contributed by atoms with Crippen LogP contribution in [0.1, 0.15) is 43.2 Å². The van der Waals surface area contributed by atoms with E-state index in [0.717, 1.165) is 38.3 Å². The number of nitrogen functional groups attached to an aromatic ring is 1. The molecule has 5 aliphatic rings. The minimum absolute atomic E-state index is 0.0241. The van der Waals surface area contributed by atoms with Crippen LogP contribution in [0.5, 0.6) is 11.8 Å². The second-order valence-corrected chi connectivity index (χ2v) is 13.4. The highest BCUT2D eigenvalue weighted by Crippen LogP contribution is 2.51. The number of anilines is 2. The van der Waals surface area contributed by atoms with Crippen LogP contribution in [0.2, 0.25) is 5.02 Å². The number of benzene rings is 1. The van der Waals surface area contributed by atoms with Gasteiger partial charge in [-0.05, 0) is 62.8 Å². The lowest BCUT2D eigenvalue weighted by Crippen LogP contribution is -2.60. The maximum absolute atomic E-state index is 16.9. The van der Waals surface area contributed by atoms with Crippen molar-refractivity contribution >= 4 is 34.1 Å². The summed E-state index contributed by atoms with van der Waals surface area (Å²) in [6, 6.07) is 0.944. The van der Waals surface area contributed by atoms with Gasteiger partial charge in [0.25, 0.3) is 0 Å². The minimum Gasteiger partial charge on any atom is -0.489 e. The third-order valence-corrected chi connectivity index (χ3v) is 10.6. The Balaban J connectivity index is 1.33. The molecule has 1 aromatic carbocycles. The third-order valence-electron chi connectivity index (χ3n) is 10.2. The Bertz CT molecular complexity index is 1810. The fourth-order valence-corrected chi connectivity index (χ4v) is 8.57. The highest BCUT2D eigenvalue weighted by atomic mass is 35.5. The molecule has 4 atom stereocenters. The molecule has 0 radical (unpaired) electrons. The summed E-state index contributed by atoms with van der Waals surface area (Å²) < 4.78 is 86.1. The Labute approximate surface area is 265 Å². The summed E-state index contributed by atoms with van der Waals surface area (Å²) in [4.78, 5) is 17.4. The van der Waals surface area contributed by atoms with Crippen LogP contribution >= 0.6 is 11.6 Å². The van der Waals surface area contributed by atoms with E-state index in [1.807, 2.05) is 4.90 Å². The first-order valence-corrected chi connectivity index (χ1v) is 15.7. The third kappa shape index (κ3) is 4.50. The van der Waals surface area contributed by atoms with Gasteiger partial charge in [0.2, 0.25) is 0 Å². The topological polar surface area (TPSA) is 102 Å². The first-order valence-electron chi connectivity index (χ1n) is 15.4. The van der Waals surface area contributed by atoms with Crippen molar-refractivity contribution in [1.29, 1.82) is 0 Å². The maximum atomic E-state index is 16.9. The number of alkyl halides is 3. The molecule has 244 valence electrons. The molecule has 15 heteroatoms. The lowest BCUT2D eigenvalue weighted by atomic mass is 9.94. The predicted octanol–water partition coefficient (Wildman–Crippen LogP) is 5.57. The zero-order valence-corrected chi connectivity index (χ0v) is 25.6. The van der Waals surface area contributed by atoms with Crippen LogP contribution in [0.15, 0.2) is 18.0 Å². The molecule has 3 N–H and O–H groups in total. The maximum Gasteiger partial charge on any atom is 0.418 e. The summed E-state index contributed by atoms with van der Waals surface area (Å²) in [6.45, 7) is 3.33. The summed E-state index contributed by atoms with van der Waals surface area (Å²) in [5.74, 6) is -1.03. The number of hydrogen-bond donors (Lipinski definition) is 2. The smallest absolute Gasteiger partial charge is 0.418 e. The van der Waals surface area contributed by atoms with E-state index in [2.05, 4.69) is 20.2 Å². The highest BCUT2D eigenvalue weighted by molar-refractivity contribution is 6.36. The Morgan fingerprint density at radius 2 is 2.09 bits per heavy atom. The van der Waals surface area contributed by atoms with Crippen LogP contribution in [0.4, 0.5) is 33.6 Å². The van der Waals surface area contributed by atoms with Crippen molar-refractivity contribution in [2.75, 3.05) is 43.5 Å². The molecule has 0 spiro atoms. The molecule has 4 saturated heterocycles. The van der Waals surface area contributed by atoms with Crippen LogP contribution in [-0.4, -0.2) is 76.4 Å². The van der Waals surface area contributed by atoms with E-state index < -0.39 is 34.4 Å². The van der Waals surface area contributed by atoms with E-state index in [1.54, 1.807) is 0 Å². The number of rotatable bonds is 4. The Hall–Kier alpha value is -3.49. The average Bonchev–Trinajstić information content (AvgIpc) is 3.64. The van der Waals surface area contributed by atoms with Crippen LogP contribution in [0, 0.1) is 12.7 Å². The highest BCUT2D eigenvalue weighted by Gasteiger charge is 2.48. The van der Waals surface area contributed by atoms with E-state index in [0.29, 0.717) is 37.2 Å². The van der Waals surface area contributed by atoms with Crippen molar-refractivity contribution in [2.45, 2.75) is 68.9 Å². The zero-order valence-electron chi connectivity index (χ0n) is 24.9. The number of halogens is 6. The SMILES string of the molecule is Cc1cc(N)nc(-c2c(Cl)c3c4c(nc(OC[C@@]56CCCN5C/C(=C/F)C6)nc4c2F)N2C[C@H]4CC[C@H](N4)[C@H]2CO3)c1C(F)(F)F. The fourth-order valence-electron chi connectivity index (χ4n) is 8.24. The molecule has 7 heterocycles. The first kappa shape index (κ1) is 29.9. The number of ether oxygens (including phenoxy) is 2. The molecule has 8 rings (SSSR count). The molecule has 46 heavy (non-hydrogen) atoms. The van der Waals surface area contributed by atoms with Gasteiger partial charge in [0, 0.05) is 25.2 Å². The van der Waals surface area contributed by atoms with Gasteiger partial charge in [0.15, 0.2) is 11.6 Å². The summed E-state index contributed by atoms with van der Waals surface area (Å²) in [5.41, 5.74) is 3.04. The molecule has 2 aromatic heterocycles. The molecule has 4 fully saturated rings. The van der Waals surface area contributed by atoms with Crippen molar-refractivity contribution in [3.05, 3.63) is 39.9 Å². The number of nitrogens with one attached hydrogen (secondary N) is 1. The van der Waals surface area contributed by atoms with E-state index in [1.165, 1.54) is 6.92 Å². The monoisotopic (exact) mass is 663 g/mol. The number of piperazine rings is 1. The quantitative estimate of drug-likeness (QED) is 0.347. The molecular formula is C31H31ClF5N7O2. The van der Waals surface area contributed by atoms with Gasteiger partial charge in [-0.1, -0.05) is 11.6 Å². The number of aryl methyl sites for hydroxylation is 1. The van der Waals surface area contributed by atoms with Gasteiger partial charge in [0.1, 0.15) is 30.4 Å². The van der Waals surface area contributed by atoms with E-state index >= 15 is 4.39 Å². The van der Waals surface area contributed by atoms with E-state index in [4.69, 9.17) is 31.8 Å². The number of pyridine rings is 1. The second-order valence-electron chi connectivity index (χ2n) is 13.0. The molecule has 0 saturated carbocycles. The summed E-state index contributed by atoms with van der Waals surface area (Å²) in [5, 5.41) is 3.37. The standard InChI is InChI=1S/C31H31ClF5N7O2/c1-14-7-19(38)40-25(22(14)31(35,36)37)20-23(32)27-21-26(24(20)34)41-29(46-13-30-5-2-6-43(30)10-15(8-30)9-33)42-28(21)44-11-16-3-4-17(39-16)18(44)12-45-27/h7,9,16-18,39H,2-6,8,10-13H2,1H3,(H2,38,40)/b15-9+/t16-,17+,18-,30+/m1/s1. The van der Waals surface area contributed by atoms with E-state index in [9.17, 15) is 17.6 Å². The first-order chi connectivity index (χ1) is 22.0. The largest absolute Gasteiger partial charge is 0.489 e. The Kier molecular flexibility index (Phi) is 6.83. The molecule has 0 amide bonds. The molecular weight excluding hydrogens is 633 g/mol. The fraction of sp³-hybridized carbons (Fsp3) is 0.516. The van der Waals surface area contributed by atoms with Gasteiger partial charge in [0.05, 0.1) is 45.1 Å². The molecule has 0 unspecified atom stereocenters. The van der Waals surface area contributed by atoms with Crippen LogP contribution in [0.3, 0.4) is 0 Å². The van der Waals surface area contributed by atoms with Crippen molar-refractivity contribution < 1.29 is 31.4 Å². The molecule has 9 nitrogen and oxygen atoms in total. The van der Waals surface area contributed by atoms with Crippen molar-refractivity contribution in [2.24, 2.45) is 0 Å². The van der Waals surface area contributed by atoms with Crippen LogP contribution in [-0.2, 0) is 6.18 Å². The van der Waals surface area contributed by atoms with Gasteiger partial charge >= 0.3 is 12.2 Å². The van der Waals surface area contributed by atoms with Gasteiger partial charge in [-0.25, -0.2) is 13.8 Å². The van der Waals surface area contributed by atoms with E-state index in [-0.39, 0.29) is 70.4 Å². The van der Waals surface area contributed by atoms with Gasteiger partial charge in [-0.15, -0.1) is 0 Å². The lowest BCUT2D eigenvalue weighted by Gasteiger charge is -2.40. The lowest BCUT2D eigenvalue weighted by molar-refractivity contribution is -0.137. The molecule has 2 bridgehead atoms. The van der Waals surface area contributed by atoms with Crippen molar-refractivity contribution in [1.82, 2.24) is 25.2 Å². The Morgan fingerprint density at radius 1 is 1.26 bits per heavy atom.